The Kier molecular flexibility index (Phi) is 7.89. The van der Waals surface area contributed by atoms with E-state index in [0.717, 1.165) is 19.2 Å². The van der Waals surface area contributed by atoms with E-state index in [9.17, 15) is 9.90 Å². The Morgan fingerprint density at radius 1 is 0.960 bits per heavy atom. The van der Waals surface area contributed by atoms with E-state index in [0.29, 0.717) is 12.8 Å². The van der Waals surface area contributed by atoms with Crippen LogP contribution >= 0.6 is 0 Å². The Hall–Kier alpha value is -2.43. The highest BCUT2D eigenvalue weighted by Crippen LogP contribution is 2.16. The second-order valence-electron chi connectivity index (χ2n) is 6.03. The third-order valence-corrected chi connectivity index (χ3v) is 4.11. The molecule has 0 saturated heterocycles. The van der Waals surface area contributed by atoms with Crippen LogP contribution in [0.1, 0.15) is 24.0 Å². The molecule has 132 valence electrons. The van der Waals surface area contributed by atoms with Crippen molar-refractivity contribution in [2.24, 2.45) is 0 Å². The van der Waals surface area contributed by atoms with Crippen molar-refractivity contribution in [2.45, 2.75) is 32.0 Å². The predicted molar refractivity (Wildman–Crippen MR) is 99.0 cm³/mol. The Labute approximate surface area is 149 Å². The zero-order valence-electron chi connectivity index (χ0n) is 14.3. The van der Waals surface area contributed by atoms with Gasteiger partial charge < -0.3 is 10.2 Å². The van der Waals surface area contributed by atoms with Gasteiger partial charge in [0.25, 0.3) is 0 Å². The lowest BCUT2D eigenvalue weighted by Gasteiger charge is -2.30. The topological polar surface area (TPSA) is 60.8 Å². The zero-order chi connectivity index (χ0) is 17.9. The second-order valence-corrected chi connectivity index (χ2v) is 6.03. The summed E-state index contributed by atoms with van der Waals surface area (Å²) in [6.07, 6.45) is 4.14. The summed E-state index contributed by atoms with van der Waals surface area (Å²) in [6, 6.07) is 20.3. The first-order valence-electron chi connectivity index (χ1n) is 8.51. The number of benzene rings is 2. The number of aliphatic hydroxyl groups excluding tert-OH is 1. The van der Waals surface area contributed by atoms with E-state index in [1.54, 1.807) is 6.08 Å². The van der Waals surface area contributed by atoms with E-state index in [1.807, 2.05) is 36.4 Å². The molecule has 0 aromatic heterocycles. The summed E-state index contributed by atoms with van der Waals surface area (Å²) in [5, 5.41) is 18.6. The maximum Gasteiger partial charge on any atom is 0.327 e. The van der Waals surface area contributed by atoms with Crippen molar-refractivity contribution >= 4 is 5.97 Å². The summed E-state index contributed by atoms with van der Waals surface area (Å²) < 4.78 is 0. The number of carbonyl (C=O) groups is 1. The third kappa shape index (κ3) is 6.91. The number of aliphatic carboxylic acids is 1. The minimum Gasteiger partial charge on any atom is -0.478 e. The van der Waals surface area contributed by atoms with E-state index < -0.39 is 5.97 Å². The van der Waals surface area contributed by atoms with E-state index in [2.05, 4.69) is 29.2 Å². The molecule has 2 rings (SSSR count). The highest BCUT2D eigenvalue weighted by Gasteiger charge is 2.18. The quantitative estimate of drug-likeness (QED) is 0.651. The van der Waals surface area contributed by atoms with Crippen LogP contribution in [0, 0.1) is 0 Å². The maximum atomic E-state index is 10.6. The standard InChI is InChI=1S/C21H25NO3/c23-17-20(13-7-8-14-21(24)25)22(15-18-9-3-1-4-10-18)16-19-11-5-2-6-12-19/h1-6,8-12,14,20,23H,7,13,15-17H2,(H,24,25)/t20-/m1/s1. The Morgan fingerprint density at radius 2 is 1.48 bits per heavy atom. The summed E-state index contributed by atoms with van der Waals surface area (Å²) in [5.41, 5.74) is 2.39. The molecule has 25 heavy (non-hydrogen) atoms. The molecule has 2 N–H and O–H groups in total. The second kappa shape index (κ2) is 10.4. The molecule has 0 radical (unpaired) electrons. The molecular formula is C21H25NO3. The zero-order valence-corrected chi connectivity index (χ0v) is 14.3. The highest BCUT2D eigenvalue weighted by molar-refractivity contribution is 5.79. The van der Waals surface area contributed by atoms with E-state index >= 15 is 0 Å². The molecule has 0 spiro atoms. The van der Waals surface area contributed by atoms with Crippen LogP contribution in [-0.2, 0) is 17.9 Å². The van der Waals surface area contributed by atoms with Gasteiger partial charge in [0.15, 0.2) is 0 Å². The number of hydrogen-bond donors (Lipinski definition) is 2. The molecule has 0 heterocycles. The largest absolute Gasteiger partial charge is 0.478 e. The van der Waals surface area contributed by atoms with Crippen LogP contribution in [0.5, 0.6) is 0 Å². The van der Waals surface area contributed by atoms with Crippen LogP contribution in [0.2, 0.25) is 0 Å². The summed E-state index contributed by atoms with van der Waals surface area (Å²) in [5.74, 6) is -0.939. The van der Waals surface area contributed by atoms with Crippen molar-refractivity contribution in [1.82, 2.24) is 4.90 Å². The van der Waals surface area contributed by atoms with Crippen molar-refractivity contribution in [3.8, 4) is 0 Å². The lowest BCUT2D eigenvalue weighted by Crippen LogP contribution is -2.37. The van der Waals surface area contributed by atoms with E-state index in [-0.39, 0.29) is 12.6 Å². The number of aliphatic hydroxyl groups is 1. The normalized spacial score (nSPS) is 12.6. The lowest BCUT2D eigenvalue weighted by molar-refractivity contribution is -0.131. The van der Waals surface area contributed by atoms with Gasteiger partial charge >= 0.3 is 5.97 Å². The Balaban J connectivity index is 2.08. The Bertz CT molecular complexity index is 614. The fraction of sp³-hybridized carbons (Fsp3) is 0.286. The molecule has 0 aliphatic rings. The molecule has 4 nitrogen and oxygen atoms in total. The van der Waals surface area contributed by atoms with Crippen LogP contribution in [0.3, 0.4) is 0 Å². The molecule has 2 aromatic rings. The highest BCUT2D eigenvalue weighted by atomic mass is 16.4. The van der Waals surface area contributed by atoms with Gasteiger partial charge in [-0.3, -0.25) is 4.90 Å². The molecule has 0 fully saturated rings. The molecule has 2 aromatic carbocycles. The van der Waals surface area contributed by atoms with Gasteiger partial charge in [0, 0.05) is 25.2 Å². The van der Waals surface area contributed by atoms with Crippen LogP contribution in [0.15, 0.2) is 72.8 Å². The van der Waals surface area contributed by atoms with Crippen molar-refractivity contribution in [1.29, 1.82) is 0 Å². The predicted octanol–water partition coefficient (Wildman–Crippen LogP) is 3.47. The van der Waals surface area contributed by atoms with E-state index in [1.165, 1.54) is 11.1 Å². The lowest BCUT2D eigenvalue weighted by atomic mass is 10.1. The molecule has 0 saturated carbocycles. The van der Waals surface area contributed by atoms with Crippen LogP contribution < -0.4 is 0 Å². The van der Waals surface area contributed by atoms with Gasteiger partial charge in [0.1, 0.15) is 0 Å². The van der Waals surface area contributed by atoms with Crippen LogP contribution in [-0.4, -0.2) is 33.7 Å². The van der Waals surface area contributed by atoms with Gasteiger partial charge in [0.2, 0.25) is 0 Å². The molecule has 1 atom stereocenters. The van der Waals surface area contributed by atoms with Crippen molar-refractivity contribution in [3.05, 3.63) is 83.9 Å². The monoisotopic (exact) mass is 339 g/mol. The van der Waals surface area contributed by atoms with Crippen LogP contribution in [0.4, 0.5) is 0 Å². The minimum absolute atomic E-state index is 0.0288. The molecule has 0 aliphatic heterocycles. The number of carboxylic acids is 1. The van der Waals surface area contributed by atoms with Crippen molar-refractivity contribution in [3.63, 3.8) is 0 Å². The first kappa shape index (κ1) is 18.9. The Morgan fingerprint density at radius 3 is 1.92 bits per heavy atom. The average molecular weight is 339 g/mol. The number of allylic oxidation sites excluding steroid dienone is 1. The average Bonchev–Trinajstić information content (AvgIpc) is 2.63. The van der Waals surface area contributed by atoms with Gasteiger partial charge in [-0.25, -0.2) is 4.79 Å². The fourth-order valence-electron chi connectivity index (χ4n) is 2.81. The molecule has 0 aliphatic carbocycles. The SMILES string of the molecule is O=C(O)C=CCC[C@H](CO)N(Cc1ccccc1)Cc1ccccc1. The third-order valence-electron chi connectivity index (χ3n) is 4.11. The molecule has 4 heteroatoms. The maximum absolute atomic E-state index is 10.6. The van der Waals surface area contributed by atoms with Crippen molar-refractivity contribution in [2.75, 3.05) is 6.61 Å². The van der Waals surface area contributed by atoms with Gasteiger partial charge in [-0.1, -0.05) is 66.7 Å². The van der Waals surface area contributed by atoms with Gasteiger partial charge in [-0.15, -0.1) is 0 Å². The van der Waals surface area contributed by atoms with E-state index in [4.69, 9.17) is 5.11 Å². The first-order valence-corrected chi connectivity index (χ1v) is 8.51. The van der Waals surface area contributed by atoms with Gasteiger partial charge in [-0.2, -0.15) is 0 Å². The molecule has 0 bridgehead atoms. The van der Waals surface area contributed by atoms with Crippen molar-refractivity contribution < 1.29 is 15.0 Å². The van der Waals surface area contributed by atoms with Gasteiger partial charge in [0.05, 0.1) is 6.61 Å². The molecule has 0 unspecified atom stereocenters. The number of hydrogen-bond acceptors (Lipinski definition) is 3. The number of rotatable bonds is 10. The molecular weight excluding hydrogens is 314 g/mol. The summed E-state index contributed by atoms with van der Waals surface area (Å²) in [4.78, 5) is 12.8. The number of nitrogens with zero attached hydrogens (tertiary/aromatic N) is 1. The summed E-state index contributed by atoms with van der Waals surface area (Å²) in [7, 11) is 0. The fourth-order valence-corrected chi connectivity index (χ4v) is 2.81. The first-order chi connectivity index (χ1) is 12.2. The minimum atomic E-state index is -0.939. The smallest absolute Gasteiger partial charge is 0.327 e. The summed E-state index contributed by atoms with van der Waals surface area (Å²) >= 11 is 0. The van der Waals surface area contributed by atoms with Crippen LogP contribution in [0.25, 0.3) is 0 Å². The molecule has 0 amide bonds. The van der Waals surface area contributed by atoms with Gasteiger partial charge in [-0.05, 0) is 24.0 Å². The summed E-state index contributed by atoms with van der Waals surface area (Å²) in [6.45, 7) is 1.52. The number of carboxylic acid groups (broad SMARTS) is 1.